The lowest BCUT2D eigenvalue weighted by atomic mass is 9.88. The maximum Gasteiger partial charge on any atom is 0.225 e. The fourth-order valence-electron chi connectivity index (χ4n) is 4.70. The van der Waals surface area contributed by atoms with Crippen LogP contribution in [0, 0.1) is 5.92 Å². The number of amides is 1. The highest BCUT2D eigenvalue weighted by Crippen LogP contribution is 2.28. The fraction of sp³-hybridized carbons (Fsp3) is 0.444. The first-order chi connectivity index (χ1) is 15.7. The molecule has 1 heterocycles. The molecule has 4 rings (SSSR count). The number of rotatable bonds is 9. The number of H-pyrrole nitrogens is 1. The summed E-state index contributed by atoms with van der Waals surface area (Å²) in [6.45, 7) is 3.97. The Morgan fingerprint density at radius 1 is 1.06 bits per heavy atom. The maximum absolute atomic E-state index is 13.5. The van der Waals surface area contributed by atoms with Crippen LogP contribution in [0.1, 0.15) is 50.2 Å². The molecule has 0 aliphatic heterocycles. The zero-order valence-corrected chi connectivity index (χ0v) is 19.2. The van der Waals surface area contributed by atoms with Gasteiger partial charge in [-0.15, -0.1) is 0 Å². The summed E-state index contributed by atoms with van der Waals surface area (Å²) in [7, 11) is 1.69. The van der Waals surface area contributed by atoms with Crippen LogP contribution in [-0.4, -0.2) is 36.1 Å². The Morgan fingerprint density at radius 3 is 2.53 bits per heavy atom. The van der Waals surface area contributed by atoms with Gasteiger partial charge in [-0.3, -0.25) is 4.79 Å². The second-order valence-corrected chi connectivity index (χ2v) is 8.65. The lowest BCUT2D eigenvalue weighted by molar-refractivity contribution is -0.137. The van der Waals surface area contributed by atoms with Crippen molar-refractivity contribution in [1.82, 2.24) is 9.88 Å². The molecular weight excluding hydrogens is 400 g/mol. The molecule has 0 radical (unpaired) electrons. The Balaban J connectivity index is 1.51. The first kappa shape index (κ1) is 22.3. The Morgan fingerprint density at radius 2 is 1.81 bits per heavy atom. The summed E-state index contributed by atoms with van der Waals surface area (Å²) < 4.78 is 11.0. The van der Waals surface area contributed by atoms with Crippen molar-refractivity contribution < 1.29 is 14.3 Å². The summed E-state index contributed by atoms with van der Waals surface area (Å²) in [5.41, 5.74) is 3.45. The Kier molecular flexibility index (Phi) is 7.35. The van der Waals surface area contributed by atoms with Crippen LogP contribution in [0.4, 0.5) is 0 Å². The van der Waals surface area contributed by atoms with E-state index >= 15 is 0 Å². The average molecular weight is 435 g/mol. The molecule has 0 unspecified atom stereocenters. The molecule has 1 aliphatic rings. The standard InChI is InChI=1S/C27H34N2O3/c1-3-32-23-11-9-20(10-12-23)19-29(27(30)21-7-5-4-6-8-21)16-15-22-18-28-26-14-13-24(31-2)17-25(22)26/h9-14,17-18,21,28H,3-8,15-16,19H2,1-2H3. The maximum atomic E-state index is 13.5. The Bertz CT molecular complexity index is 1020. The van der Waals surface area contributed by atoms with E-state index in [1.54, 1.807) is 7.11 Å². The van der Waals surface area contributed by atoms with Gasteiger partial charge in [0, 0.05) is 36.1 Å². The van der Waals surface area contributed by atoms with Gasteiger partial charge in [0.2, 0.25) is 5.91 Å². The molecule has 1 aromatic heterocycles. The molecule has 0 bridgehead atoms. The number of fused-ring (bicyclic) bond motifs is 1. The third kappa shape index (κ3) is 5.26. The summed E-state index contributed by atoms with van der Waals surface area (Å²) in [5, 5.41) is 1.16. The molecule has 5 heteroatoms. The predicted octanol–water partition coefficient (Wildman–Crippen LogP) is 5.73. The number of aromatic amines is 1. The number of carbonyl (C=O) groups is 1. The van der Waals surface area contributed by atoms with Crippen LogP contribution in [0.2, 0.25) is 0 Å². The van der Waals surface area contributed by atoms with E-state index in [1.807, 2.05) is 31.2 Å². The molecular formula is C27H34N2O3. The van der Waals surface area contributed by atoms with Crippen molar-refractivity contribution in [2.24, 2.45) is 5.92 Å². The minimum atomic E-state index is 0.162. The van der Waals surface area contributed by atoms with E-state index in [2.05, 4.69) is 34.3 Å². The van der Waals surface area contributed by atoms with Gasteiger partial charge in [-0.1, -0.05) is 31.4 Å². The van der Waals surface area contributed by atoms with Crippen LogP contribution in [0.15, 0.2) is 48.7 Å². The van der Waals surface area contributed by atoms with Crippen molar-refractivity contribution in [3.63, 3.8) is 0 Å². The predicted molar refractivity (Wildman–Crippen MR) is 128 cm³/mol. The third-order valence-electron chi connectivity index (χ3n) is 6.50. The third-order valence-corrected chi connectivity index (χ3v) is 6.50. The van der Waals surface area contributed by atoms with E-state index in [4.69, 9.17) is 9.47 Å². The van der Waals surface area contributed by atoms with Gasteiger partial charge in [0.05, 0.1) is 13.7 Å². The Hall–Kier alpha value is -2.95. The minimum Gasteiger partial charge on any atom is -0.497 e. The van der Waals surface area contributed by atoms with E-state index < -0.39 is 0 Å². The smallest absolute Gasteiger partial charge is 0.225 e. The van der Waals surface area contributed by atoms with Crippen molar-refractivity contribution in [1.29, 1.82) is 0 Å². The molecule has 32 heavy (non-hydrogen) atoms. The number of hydrogen-bond acceptors (Lipinski definition) is 3. The van der Waals surface area contributed by atoms with Crippen LogP contribution >= 0.6 is 0 Å². The molecule has 0 saturated heterocycles. The number of methoxy groups -OCH3 is 1. The topological polar surface area (TPSA) is 54.6 Å². The van der Waals surface area contributed by atoms with E-state index in [9.17, 15) is 4.79 Å². The highest BCUT2D eigenvalue weighted by Gasteiger charge is 2.26. The van der Waals surface area contributed by atoms with Crippen LogP contribution in [0.3, 0.4) is 0 Å². The molecule has 170 valence electrons. The van der Waals surface area contributed by atoms with Crippen molar-refractivity contribution in [2.75, 3.05) is 20.3 Å². The minimum absolute atomic E-state index is 0.162. The zero-order valence-electron chi connectivity index (χ0n) is 19.2. The quantitative estimate of drug-likeness (QED) is 0.468. The molecule has 1 fully saturated rings. The summed E-state index contributed by atoms with van der Waals surface area (Å²) in [5.74, 6) is 2.18. The first-order valence-electron chi connectivity index (χ1n) is 11.8. The molecule has 0 atom stereocenters. The number of hydrogen-bond donors (Lipinski definition) is 1. The second-order valence-electron chi connectivity index (χ2n) is 8.65. The van der Waals surface area contributed by atoms with Crippen molar-refractivity contribution in [3.05, 3.63) is 59.8 Å². The van der Waals surface area contributed by atoms with Crippen LogP contribution in [0.5, 0.6) is 11.5 Å². The molecule has 5 nitrogen and oxygen atoms in total. The molecule has 1 saturated carbocycles. The van der Waals surface area contributed by atoms with E-state index in [1.165, 1.54) is 12.0 Å². The monoisotopic (exact) mass is 434 g/mol. The number of aromatic nitrogens is 1. The van der Waals surface area contributed by atoms with Crippen LogP contribution in [-0.2, 0) is 17.8 Å². The molecule has 3 aromatic rings. The molecule has 0 spiro atoms. The van der Waals surface area contributed by atoms with E-state index in [0.717, 1.165) is 60.1 Å². The number of ether oxygens (including phenoxy) is 2. The van der Waals surface area contributed by atoms with Gasteiger partial charge >= 0.3 is 0 Å². The number of nitrogens with one attached hydrogen (secondary N) is 1. The zero-order chi connectivity index (χ0) is 22.3. The molecule has 2 aromatic carbocycles. The van der Waals surface area contributed by atoms with Gasteiger partial charge in [0.15, 0.2) is 0 Å². The fourth-order valence-corrected chi connectivity index (χ4v) is 4.70. The number of carbonyl (C=O) groups excluding carboxylic acids is 1. The molecule has 1 N–H and O–H groups in total. The van der Waals surface area contributed by atoms with Crippen molar-refractivity contribution in [3.8, 4) is 11.5 Å². The van der Waals surface area contributed by atoms with Crippen LogP contribution < -0.4 is 9.47 Å². The molecule has 1 amide bonds. The summed E-state index contributed by atoms with van der Waals surface area (Å²) in [4.78, 5) is 18.9. The van der Waals surface area contributed by atoms with Gasteiger partial charge in [-0.25, -0.2) is 0 Å². The SMILES string of the molecule is CCOc1ccc(CN(CCc2c[nH]c3ccc(OC)cc23)C(=O)C2CCCCC2)cc1. The number of nitrogens with zero attached hydrogens (tertiary/aromatic N) is 1. The largest absolute Gasteiger partial charge is 0.497 e. The van der Waals surface area contributed by atoms with Crippen molar-refractivity contribution in [2.45, 2.75) is 52.0 Å². The highest BCUT2D eigenvalue weighted by atomic mass is 16.5. The molecule has 1 aliphatic carbocycles. The van der Waals surface area contributed by atoms with E-state index in [0.29, 0.717) is 25.6 Å². The van der Waals surface area contributed by atoms with Gasteiger partial charge in [-0.2, -0.15) is 0 Å². The summed E-state index contributed by atoms with van der Waals surface area (Å²) >= 11 is 0. The highest BCUT2D eigenvalue weighted by molar-refractivity contribution is 5.85. The first-order valence-corrected chi connectivity index (χ1v) is 11.8. The lowest BCUT2D eigenvalue weighted by Gasteiger charge is -2.29. The van der Waals surface area contributed by atoms with Gasteiger partial charge in [0.1, 0.15) is 11.5 Å². The second kappa shape index (κ2) is 10.6. The lowest BCUT2D eigenvalue weighted by Crippen LogP contribution is -2.38. The summed E-state index contributed by atoms with van der Waals surface area (Å²) in [6, 6.07) is 14.2. The van der Waals surface area contributed by atoms with Crippen LogP contribution in [0.25, 0.3) is 10.9 Å². The number of benzene rings is 2. The van der Waals surface area contributed by atoms with Gasteiger partial charge < -0.3 is 19.4 Å². The average Bonchev–Trinajstić information content (AvgIpc) is 3.25. The van der Waals surface area contributed by atoms with Crippen molar-refractivity contribution >= 4 is 16.8 Å². The van der Waals surface area contributed by atoms with Gasteiger partial charge in [0.25, 0.3) is 0 Å². The Labute approximate surface area is 190 Å². The van der Waals surface area contributed by atoms with Gasteiger partial charge in [-0.05, 0) is 67.6 Å². The van der Waals surface area contributed by atoms with E-state index in [-0.39, 0.29) is 5.92 Å². The normalized spacial score (nSPS) is 14.4. The summed E-state index contributed by atoms with van der Waals surface area (Å²) in [6.07, 6.45) is 8.48.